The summed E-state index contributed by atoms with van der Waals surface area (Å²) < 4.78 is 19.0. The number of aromatic hydroxyl groups is 1. The summed E-state index contributed by atoms with van der Waals surface area (Å²) in [5, 5.41) is 25.3. The molecule has 0 aliphatic rings. The predicted molar refractivity (Wildman–Crippen MR) is 100 cm³/mol. The monoisotopic (exact) mass is 364 g/mol. The summed E-state index contributed by atoms with van der Waals surface area (Å²) in [5.41, 5.74) is 1.96. The lowest BCUT2D eigenvalue weighted by Crippen LogP contribution is -1.89. The van der Waals surface area contributed by atoms with Crippen molar-refractivity contribution >= 4 is 22.7 Å². The molecule has 0 aliphatic carbocycles. The van der Waals surface area contributed by atoms with Gasteiger partial charge in [0.15, 0.2) is 5.82 Å². The van der Waals surface area contributed by atoms with E-state index in [0.717, 1.165) is 11.8 Å². The van der Waals surface area contributed by atoms with Crippen molar-refractivity contribution in [3.63, 3.8) is 0 Å². The number of ether oxygens (including phenoxy) is 1. The molecule has 0 unspecified atom stereocenters. The fourth-order valence-electron chi connectivity index (χ4n) is 2.17. The van der Waals surface area contributed by atoms with Crippen LogP contribution in [0.5, 0.6) is 11.5 Å². The molecule has 0 amide bonds. The first-order chi connectivity index (χ1) is 13.1. The van der Waals surface area contributed by atoms with Gasteiger partial charge in [-0.05, 0) is 67.6 Å². The zero-order valence-corrected chi connectivity index (χ0v) is 14.6. The van der Waals surface area contributed by atoms with Gasteiger partial charge in [0.05, 0.1) is 23.7 Å². The Hall–Kier alpha value is -3.61. The Morgan fingerprint density at radius 1 is 0.778 bits per heavy atom. The van der Waals surface area contributed by atoms with Gasteiger partial charge < -0.3 is 9.84 Å². The highest BCUT2D eigenvalue weighted by Gasteiger charge is 2.01. The Bertz CT molecular complexity index is 955. The fourth-order valence-corrected chi connectivity index (χ4v) is 2.17. The van der Waals surface area contributed by atoms with Crippen molar-refractivity contribution in [1.29, 1.82) is 0 Å². The number of hydrogen-bond donors (Lipinski definition) is 1. The third-order valence-corrected chi connectivity index (χ3v) is 3.48. The van der Waals surface area contributed by atoms with Crippen molar-refractivity contribution in [2.75, 3.05) is 6.61 Å². The second-order valence-electron chi connectivity index (χ2n) is 5.48. The predicted octanol–water partition coefficient (Wildman–Crippen LogP) is 6.76. The third kappa shape index (κ3) is 5.18. The van der Waals surface area contributed by atoms with Crippen LogP contribution < -0.4 is 4.74 Å². The largest absolute Gasteiger partial charge is 0.508 e. The second kappa shape index (κ2) is 8.66. The van der Waals surface area contributed by atoms with Crippen LogP contribution in [0.3, 0.4) is 0 Å². The molecule has 0 saturated carbocycles. The topological polar surface area (TPSA) is 78.9 Å². The van der Waals surface area contributed by atoms with Gasteiger partial charge in [-0.3, -0.25) is 0 Å². The zero-order chi connectivity index (χ0) is 19.1. The molecule has 27 heavy (non-hydrogen) atoms. The van der Waals surface area contributed by atoms with E-state index in [1.54, 1.807) is 24.3 Å². The molecular weight excluding hydrogens is 347 g/mol. The van der Waals surface area contributed by atoms with E-state index >= 15 is 0 Å². The Kier molecular flexibility index (Phi) is 5.84. The highest BCUT2D eigenvalue weighted by molar-refractivity contribution is 5.49. The van der Waals surface area contributed by atoms with Gasteiger partial charge in [0, 0.05) is 6.07 Å². The van der Waals surface area contributed by atoms with Gasteiger partial charge in [-0.25, -0.2) is 4.39 Å². The summed E-state index contributed by atoms with van der Waals surface area (Å²) in [4.78, 5) is 0. The minimum absolute atomic E-state index is 0.0482. The number of nitrogens with zero attached hydrogens (tertiary/aromatic N) is 4. The maximum absolute atomic E-state index is 13.6. The first-order valence-corrected chi connectivity index (χ1v) is 8.29. The summed E-state index contributed by atoms with van der Waals surface area (Å²) in [7, 11) is 0. The second-order valence-corrected chi connectivity index (χ2v) is 5.48. The lowest BCUT2D eigenvalue weighted by molar-refractivity contribution is 0.340. The number of rotatable bonds is 6. The van der Waals surface area contributed by atoms with Gasteiger partial charge in [0.2, 0.25) is 0 Å². The Balaban J connectivity index is 1.65. The SMILES string of the molecule is CCOc1ccc(N=Nc2ccc(N=Nc3ccc(O)cc3F)cc2)cc1. The average Bonchev–Trinajstić information content (AvgIpc) is 2.68. The molecular formula is C20H17FN4O2. The van der Waals surface area contributed by atoms with Crippen LogP contribution in [-0.4, -0.2) is 11.7 Å². The first kappa shape index (κ1) is 18.2. The number of halogens is 1. The molecule has 0 radical (unpaired) electrons. The van der Waals surface area contributed by atoms with Crippen molar-refractivity contribution < 1.29 is 14.2 Å². The number of benzene rings is 3. The van der Waals surface area contributed by atoms with Crippen LogP contribution in [0, 0.1) is 5.82 Å². The highest BCUT2D eigenvalue weighted by atomic mass is 19.1. The van der Waals surface area contributed by atoms with E-state index in [1.165, 1.54) is 12.1 Å². The van der Waals surface area contributed by atoms with Gasteiger partial charge in [-0.2, -0.15) is 15.3 Å². The molecule has 6 nitrogen and oxygen atoms in total. The van der Waals surface area contributed by atoms with E-state index in [0.29, 0.717) is 23.7 Å². The molecule has 0 heterocycles. The van der Waals surface area contributed by atoms with Crippen LogP contribution in [-0.2, 0) is 0 Å². The number of hydrogen-bond acceptors (Lipinski definition) is 6. The van der Waals surface area contributed by atoms with E-state index < -0.39 is 5.82 Å². The normalized spacial score (nSPS) is 11.3. The zero-order valence-electron chi connectivity index (χ0n) is 14.6. The molecule has 3 aromatic rings. The van der Waals surface area contributed by atoms with Crippen LogP contribution in [0.4, 0.5) is 27.1 Å². The standard InChI is InChI=1S/C20H17FN4O2/c1-2-27-18-10-7-16(8-11-18)23-22-14-3-5-15(6-4-14)24-25-20-12-9-17(26)13-19(20)21/h3-13,26H,2H2,1H3. The Labute approximate surface area is 155 Å². The molecule has 0 spiro atoms. The van der Waals surface area contributed by atoms with Crippen molar-refractivity contribution in [3.05, 3.63) is 72.5 Å². The maximum atomic E-state index is 13.6. The summed E-state index contributed by atoms with van der Waals surface area (Å²) >= 11 is 0. The average molecular weight is 364 g/mol. The van der Waals surface area contributed by atoms with Gasteiger partial charge >= 0.3 is 0 Å². The van der Waals surface area contributed by atoms with Gasteiger partial charge in [-0.15, -0.1) is 5.11 Å². The summed E-state index contributed by atoms with van der Waals surface area (Å²) in [5.74, 6) is -0.00977. The van der Waals surface area contributed by atoms with E-state index in [2.05, 4.69) is 20.5 Å². The Morgan fingerprint density at radius 2 is 1.30 bits per heavy atom. The number of phenols is 1. The van der Waals surface area contributed by atoms with Crippen molar-refractivity contribution in [2.45, 2.75) is 6.92 Å². The smallest absolute Gasteiger partial charge is 0.154 e. The van der Waals surface area contributed by atoms with E-state index in [-0.39, 0.29) is 11.4 Å². The minimum atomic E-state index is -0.639. The molecule has 0 atom stereocenters. The molecule has 0 fully saturated rings. The summed E-state index contributed by atoms with van der Waals surface area (Å²) in [6.45, 7) is 2.54. The minimum Gasteiger partial charge on any atom is -0.508 e. The maximum Gasteiger partial charge on any atom is 0.154 e. The van der Waals surface area contributed by atoms with Crippen molar-refractivity contribution in [1.82, 2.24) is 0 Å². The summed E-state index contributed by atoms with van der Waals surface area (Å²) in [6.07, 6.45) is 0. The third-order valence-electron chi connectivity index (χ3n) is 3.48. The quantitative estimate of drug-likeness (QED) is 0.490. The van der Waals surface area contributed by atoms with Crippen LogP contribution >= 0.6 is 0 Å². The molecule has 0 bridgehead atoms. The fraction of sp³-hybridized carbons (Fsp3) is 0.100. The number of phenolic OH excluding ortho intramolecular Hbond substituents is 1. The molecule has 136 valence electrons. The van der Waals surface area contributed by atoms with Crippen molar-refractivity contribution in [2.24, 2.45) is 20.5 Å². The highest BCUT2D eigenvalue weighted by Crippen LogP contribution is 2.26. The molecule has 3 aromatic carbocycles. The van der Waals surface area contributed by atoms with Gasteiger partial charge in [0.25, 0.3) is 0 Å². The lowest BCUT2D eigenvalue weighted by Gasteiger charge is -2.01. The number of azo groups is 2. The summed E-state index contributed by atoms with van der Waals surface area (Å²) in [6, 6.07) is 17.9. The van der Waals surface area contributed by atoms with Crippen LogP contribution in [0.25, 0.3) is 0 Å². The lowest BCUT2D eigenvalue weighted by atomic mass is 10.3. The molecule has 7 heteroatoms. The molecule has 3 rings (SSSR count). The van der Waals surface area contributed by atoms with Crippen LogP contribution in [0.15, 0.2) is 87.2 Å². The molecule has 0 aromatic heterocycles. The van der Waals surface area contributed by atoms with Crippen LogP contribution in [0.2, 0.25) is 0 Å². The van der Waals surface area contributed by atoms with E-state index in [1.807, 2.05) is 31.2 Å². The van der Waals surface area contributed by atoms with Gasteiger partial charge in [0.1, 0.15) is 17.2 Å². The molecule has 0 saturated heterocycles. The Morgan fingerprint density at radius 3 is 1.81 bits per heavy atom. The van der Waals surface area contributed by atoms with Crippen molar-refractivity contribution in [3.8, 4) is 11.5 Å². The van der Waals surface area contributed by atoms with E-state index in [9.17, 15) is 9.50 Å². The first-order valence-electron chi connectivity index (χ1n) is 8.29. The van der Waals surface area contributed by atoms with E-state index in [4.69, 9.17) is 4.74 Å². The van der Waals surface area contributed by atoms with Gasteiger partial charge in [-0.1, -0.05) is 0 Å². The van der Waals surface area contributed by atoms with Crippen LogP contribution in [0.1, 0.15) is 6.92 Å². The molecule has 0 aliphatic heterocycles. The molecule has 1 N–H and O–H groups in total.